The van der Waals surface area contributed by atoms with Gasteiger partial charge in [-0.2, -0.15) is 4.31 Å². The molecule has 1 saturated heterocycles. The Balaban J connectivity index is 1.69. The van der Waals surface area contributed by atoms with E-state index in [-0.39, 0.29) is 48.2 Å². The van der Waals surface area contributed by atoms with Crippen LogP contribution in [0, 0.1) is 10.1 Å². The molecule has 0 N–H and O–H groups in total. The number of non-ortho nitro benzene ring substituents is 1. The molecule has 2 aromatic rings. The molecular formula is C17H16BrN3O5S. The Morgan fingerprint density at radius 2 is 1.67 bits per heavy atom. The Bertz CT molecular complexity index is 970. The average molecular weight is 454 g/mol. The van der Waals surface area contributed by atoms with Gasteiger partial charge in [-0.05, 0) is 30.3 Å². The van der Waals surface area contributed by atoms with Gasteiger partial charge in [-0.1, -0.05) is 22.0 Å². The normalized spacial score (nSPS) is 15.5. The third-order valence-electron chi connectivity index (χ3n) is 4.28. The molecule has 0 aliphatic carbocycles. The van der Waals surface area contributed by atoms with Gasteiger partial charge >= 0.3 is 0 Å². The van der Waals surface area contributed by atoms with Crippen molar-refractivity contribution in [1.82, 2.24) is 9.21 Å². The summed E-state index contributed by atoms with van der Waals surface area (Å²) < 4.78 is 27.5. The molecule has 0 radical (unpaired) electrons. The molecule has 1 aliphatic heterocycles. The first kappa shape index (κ1) is 19.5. The van der Waals surface area contributed by atoms with Crippen molar-refractivity contribution >= 4 is 37.5 Å². The van der Waals surface area contributed by atoms with E-state index >= 15 is 0 Å². The summed E-state index contributed by atoms with van der Waals surface area (Å²) in [4.78, 5) is 24.6. The van der Waals surface area contributed by atoms with Crippen molar-refractivity contribution in [2.24, 2.45) is 0 Å². The quantitative estimate of drug-likeness (QED) is 0.522. The summed E-state index contributed by atoms with van der Waals surface area (Å²) in [6, 6.07) is 11.9. The van der Waals surface area contributed by atoms with Crippen LogP contribution in [0.2, 0.25) is 0 Å². The predicted molar refractivity (Wildman–Crippen MR) is 102 cm³/mol. The van der Waals surface area contributed by atoms with Gasteiger partial charge in [-0.3, -0.25) is 14.9 Å². The molecule has 0 spiro atoms. The number of carbonyl (C=O) groups excluding carboxylic acids is 1. The lowest BCUT2D eigenvalue weighted by atomic mass is 10.1. The van der Waals surface area contributed by atoms with Crippen molar-refractivity contribution in [2.75, 3.05) is 26.2 Å². The molecule has 27 heavy (non-hydrogen) atoms. The third kappa shape index (κ3) is 4.18. The van der Waals surface area contributed by atoms with Crippen LogP contribution in [-0.2, 0) is 10.0 Å². The fourth-order valence-corrected chi connectivity index (χ4v) is 4.51. The van der Waals surface area contributed by atoms with Crippen LogP contribution in [0.5, 0.6) is 0 Å². The highest BCUT2D eigenvalue weighted by Crippen LogP contribution is 2.21. The number of halogens is 1. The van der Waals surface area contributed by atoms with Crippen molar-refractivity contribution in [1.29, 1.82) is 0 Å². The number of benzene rings is 2. The average Bonchev–Trinajstić information content (AvgIpc) is 2.68. The lowest BCUT2D eigenvalue weighted by Crippen LogP contribution is -2.50. The zero-order valence-corrected chi connectivity index (χ0v) is 16.5. The molecule has 3 rings (SSSR count). The van der Waals surface area contributed by atoms with E-state index in [1.165, 1.54) is 45.6 Å². The van der Waals surface area contributed by atoms with Gasteiger partial charge < -0.3 is 4.90 Å². The Kier molecular flexibility index (Phi) is 5.59. The molecule has 10 heteroatoms. The van der Waals surface area contributed by atoms with Crippen LogP contribution >= 0.6 is 15.9 Å². The zero-order chi connectivity index (χ0) is 19.6. The monoisotopic (exact) mass is 453 g/mol. The van der Waals surface area contributed by atoms with Gasteiger partial charge in [-0.15, -0.1) is 0 Å². The summed E-state index contributed by atoms with van der Waals surface area (Å²) in [6.07, 6.45) is 0. The standard InChI is InChI=1S/C17H16BrN3O5S/c18-14-4-6-16(7-5-14)27(25,26)20-10-8-19(9-11-20)17(22)13-2-1-3-15(12-13)21(23)24/h1-7,12H,8-11H2. The zero-order valence-electron chi connectivity index (χ0n) is 14.1. The number of amides is 1. The molecule has 1 aliphatic rings. The van der Waals surface area contributed by atoms with Crippen LogP contribution in [0.15, 0.2) is 57.9 Å². The molecule has 0 unspecified atom stereocenters. The third-order valence-corrected chi connectivity index (χ3v) is 6.72. The largest absolute Gasteiger partial charge is 0.336 e. The second-order valence-electron chi connectivity index (χ2n) is 5.96. The van der Waals surface area contributed by atoms with Gasteiger partial charge in [0.25, 0.3) is 11.6 Å². The van der Waals surface area contributed by atoms with Crippen LogP contribution < -0.4 is 0 Å². The molecule has 0 atom stereocenters. The van der Waals surface area contributed by atoms with E-state index in [2.05, 4.69) is 15.9 Å². The first-order valence-corrected chi connectivity index (χ1v) is 10.3. The summed E-state index contributed by atoms with van der Waals surface area (Å²) in [7, 11) is -3.63. The SMILES string of the molecule is O=C(c1cccc([N+](=O)[O-])c1)N1CCN(S(=O)(=O)c2ccc(Br)cc2)CC1. The maximum Gasteiger partial charge on any atom is 0.270 e. The van der Waals surface area contributed by atoms with Crippen LogP contribution in [0.25, 0.3) is 0 Å². The lowest BCUT2D eigenvalue weighted by molar-refractivity contribution is -0.384. The van der Waals surface area contributed by atoms with Gasteiger partial charge in [-0.25, -0.2) is 8.42 Å². The number of nitrogens with zero attached hydrogens (tertiary/aromatic N) is 3. The van der Waals surface area contributed by atoms with E-state index < -0.39 is 14.9 Å². The summed E-state index contributed by atoms with van der Waals surface area (Å²) >= 11 is 3.27. The molecule has 142 valence electrons. The van der Waals surface area contributed by atoms with Gasteiger partial charge in [0.05, 0.1) is 9.82 Å². The maximum absolute atomic E-state index is 12.7. The second-order valence-corrected chi connectivity index (χ2v) is 8.81. The van der Waals surface area contributed by atoms with Crippen molar-refractivity contribution in [2.45, 2.75) is 4.90 Å². The number of nitro groups is 1. The number of hydrogen-bond acceptors (Lipinski definition) is 5. The van der Waals surface area contributed by atoms with Crippen LogP contribution in [0.4, 0.5) is 5.69 Å². The first-order valence-electron chi connectivity index (χ1n) is 8.08. The summed E-state index contributed by atoms with van der Waals surface area (Å²) in [5.41, 5.74) is 0.0609. The van der Waals surface area contributed by atoms with Crippen molar-refractivity contribution in [3.05, 3.63) is 68.7 Å². The van der Waals surface area contributed by atoms with Gasteiger partial charge in [0.1, 0.15) is 0 Å². The van der Waals surface area contributed by atoms with Crippen molar-refractivity contribution < 1.29 is 18.1 Å². The van der Waals surface area contributed by atoms with Gasteiger partial charge in [0.15, 0.2) is 0 Å². The predicted octanol–water partition coefficient (Wildman–Crippen LogP) is 2.50. The first-order chi connectivity index (χ1) is 12.8. The topological polar surface area (TPSA) is 101 Å². The minimum absolute atomic E-state index is 0.155. The minimum atomic E-state index is -3.63. The Morgan fingerprint density at radius 3 is 2.26 bits per heavy atom. The number of piperazine rings is 1. The number of hydrogen-bond donors (Lipinski definition) is 0. The highest BCUT2D eigenvalue weighted by molar-refractivity contribution is 9.10. The highest BCUT2D eigenvalue weighted by atomic mass is 79.9. The Hall–Kier alpha value is -2.30. The summed E-state index contributed by atoms with van der Waals surface area (Å²) in [5, 5.41) is 10.9. The maximum atomic E-state index is 12.7. The van der Waals surface area contributed by atoms with E-state index in [1.807, 2.05) is 0 Å². The van der Waals surface area contributed by atoms with Gasteiger partial charge in [0, 0.05) is 48.3 Å². The number of rotatable bonds is 4. The fourth-order valence-electron chi connectivity index (χ4n) is 2.82. The van der Waals surface area contributed by atoms with Crippen LogP contribution in [0.1, 0.15) is 10.4 Å². The molecule has 0 bridgehead atoms. The highest BCUT2D eigenvalue weighted by Gasteiger charge is 2.30. The molecule has 2 aromatic carbocycles. The fraction of sp³-hybridized carbons (Fsp3) is 0.235. The molecule has 0 saturated carbocycles. The van der Waals surface area contributed by atoms with E-state index in [0.717, 1.165) is 4.47 Å². The minimum Gasteiger partial charge on any atom is -0.336 e. The van der Waals surface area contributed by atoms with Crippen LogP contribution in [0.3, 0.4) is 0 Å². The number of sulfonamides is 1. The van der Waals surface area contributed by atoms with Crippen LogP contribution in [-0.4, -0.2) is 54.6 Å². The second kappa shape index (κ2) is 7.75. The van der Waals surface area contributed by atoms with E-state index in [4.69, 9.17) is 0 Å². The smallest absolute Gasteiger partial charge is 0.270 e. The summed E-state index contributed by atoms with van der Waals surface area (Å²) in [6.45, 7) is 0.771. The Morgan fingerprint density at radius 1 is 1.04 bits per heavy atom. The Labute approximate surface area is 164 Å². The van der Waals surface area contributed by atoms with E-state index in [1.54, 1.807) is 12.1 Å². The molecule has 1 heterocycles. The molecule has 8 nitrogen and oxygen atoms in total. The molecular weight excluding hydrogens is 438 g/mol. The van der Waals surface area contributed by atoms with E-state index in [9.17, 15) is 23.3 Å². The van der Waals surface area contributed by atoms with Gasteiger partial charge in [0.2, 0.25) is 10.0 Å². The van der Waals surface area contributed by atoms with Crippen molar-refractivity contribution in [3.8, 4) is 0 Å². The lowest BCUT2D eigenvalue weighted by Gasteiger charge is -2.34. The molecule has 1 amide bonds. The molecule has 1 fully saturated rings. The summed E-state index contributed by atoms with van der Waals surface area (Å²) in [5.74, 6) is -0.348. The number of carbonyl (C=O) groups is 1. The molecule has 0 aromatic heterocycles. The number of nitro benzene ring substituents is 1. The van der Waals surface area contributed by atoms with E-state index in [0.29, 0.717) is 0 Å². The van der Waals surface area contributed by atoms with Crippen molar-refractivity contribution in [3.63, 3.8) is 0 Å².